The maximum absolute atomic E-state index is 13.1. The Bertz CT molecular complexity index is 1730. The van der Waals surface area contributed by atoms with Gasteiger partial charge in [-0.3, -0.25) is 15.1 Å². The molecule has 200 valence electrons. The number of carbonyl (C=O) groups excluding carboxylic acids is 1. The third-order valence-electron chi connectivity index (χ3n) is 7.18. The quantitative estimate of drug-likeness (QED) is 0.244. The first-order valence-electron chi connectivity index (χ1n) is 13.4. The molecule has 1 amide bonds. The van der Waals surface area contributed by atoms with Crippen LogP contribution in [-0.4, -0.2) is 33.0 Å². The molecular formula is C33H30N4O2S. The molecule has 0 fully saturated rings. The SMILES string of the molecule is Cc1ccc(C(C)C)c(OCCn2cc(/C=C3/C(=N)N4C(c5ccccc5)=CSC4=NC3=O)c3ccccc32)c1. The summed E-state index contributed by atoms with van der Waals surface area (Å²) in [5.74, 6) is 1.04. The molecule has 6 nitrogen and oxygen atoms in total. The van der Waals surface area contributed by atoms with Gasteiger partial charge < -0.3 is 9.30 Å². The highest BCUT2D eigenvalue weighted by Crippen LogP contribution is 2.38. The van der Waals surface area contributed by atoms with E-state index >= 15 is 0 Å². The van der Waals surface area contributed by atoms with Gasteiger partial charge in [0.2, 0.25) is 0 Å². The van der Waals surface area contributed by atoms with Gasteiger partial charge in [-0.1, -0.05) is 86.3 Å². The van der Waals surface area contributed by atoms with Gasteiger partial charge in [-0.2, -0.15) is 4.99 Å². The topological polar surface area (TPSA) is 70.7 Å². The van der Waals surface area contributed by atoms with E-state index in [1.54, 1.807) is 11.0 Å². The number of fused-ring (bicyclic) bond motifs is 2. The summed E-state index contributed by atoms with van der Waals surface area (Å²) >= 11 is 1.37. The van der Waals surface area contributed by atoms with Crippen molar-refractivity contribution in [2.45, 2.75) is 33.2 Å². The highest BCUT2D eigenvalue weighted by Gasteiger charge is 2.36. The van der Waals surface area contributed by atoms with Crippen LogP contribution >= 0.6 is 11.8 Å². The van der Waals surface area contributed by atoms with Crippen molar-refractivity contribution in [3.63, 3.8) is 0 Å². The van der Waals surface area contributed by atoms with Gasteiger partial charge in [-0.05, 0) is 47.7 Å². The molecule has 0 atom stereocenters. The Morgan fingerprint density at radius 1 is 1.05 bits per heavy atom. The fourth-order valence-corrected chi connectivity index (χ4v) is 6.03. The minimum atomic E-state index is -0.396. The first kappa shape index (κ1) is 25.9. The maximum atomic E-state index is 13.1. The molecule has 1 N–H and O–H groups in total. The highest BCUT2D eigenvalue weighted by molar-refractivity contribution is 8.17. The van der Waals surface area contributed by atoms with Crippen molar-refractivity contribution in [2.75, 3.05) is 6.61 Å². The number of nitrogens with zero attached hydrogens (tertiary/aromatic N) is 3. The van der Waals surface area contributed by atoms with E-state index in [0.29, 0.717) is 24.2 Å². The molecule has 7 heteroatoms. The number of hydrogen-bond donors (Lipinski definition) is 1. The van der Waals surface area contributed by atoms with Crippen molar-refractivity contribution in [2.24, 2.45) is 4.99 Å². The third-order valence-corrected chi connectivity index (χ3v) is 8.01. The van der Waals surface area contributed by atoms with Crippen LogP contribution in [0.3, 0.4) is 0 Å². The van der Waals surface area contributed by atoms with E-state index in [0.717, 1.165) is 33.5 Å². The molecule has 2 aliphatic heterocycles. The number of aryl methyl sites for hydroxylation is 1. The molecule has 0 bridgehead atoms. The average Bonchev–Trinajstić information content (AvgIpc) is 3.53. The van der Waals surface area contributed by atoms with Gasteiger partial charge in [0, 0.05) is 28.1 Å². The van der Waals surface area contributed by atoms with Crippen LogP contribution in [0.4, 0.5) is 0 Å². The Morgan fingerprint density at radius 3 is 2.62 bits per heavy atom. The molecule has 40 heavy (non-hydrogen) atoms. The number of thioether (sulfide) groups is 1. The summed E-state index contributed by atoms with van der Waals surface area (Å²) in [7, 11) is 0. The van der Waals surface area contributed by atoms with Gasteiger partial charge in [0.25, 0.3) is 5.91 Å². The minimum Gasteiger partial charge on any atom is -0.491 e. The molecule has 2 aliphatic rings. The van der Waals surface area contributed by atoms with Crippen molar-refractivity contribution in [3.8, 4) is 5.75 Å². The molecule has 4 aromatic rings. The lowest BCUT2D eigenvalue weighted by molar-refractivity contribution is -0.114. The van der Waals surface area contributed by atoms with Crippen molar-refractivity contribution in [1.82, 2.24) is 9.47 Å². The van der Waals surface area contributed by atoms with Crippen LogP contribution in [0.5, 0.6) is 5.75 Å². The summed E-state index contributed by atoms with van der Waals surface area (Å²) in [6.07, 6.45) is 3.83. The second-order valence-corrected chi connectivity index (χ2v) is 11.1. The summed E-state index contributed by atoms with van der Waals surface area (Å²) < 4.78 is 8.42. The lowest BCUT2D eigenvalue weighted by Crippen LogP contribution is -2.38. The van der Waals surface area contributed by atoms with E-state index in [9.17, 15) is 4.79 Å². The average molecular weight is 547 g/mol. The summed E-state index contributed by atoms with van der Waals surface area (Å²) in [5, 5.41) is 12.5. The standard InChI is InChI=1S/C33H30N4O2S/c1-21(2)25-14-13-22(3)17-30(25)39-16-15-36-19-24(26-11-7-8-12-28(26)36)18-27-31(34)37-29(23-9-5-4-6-10-23)20-40-33(37)35-32(27)38/h4-14,17-21,34H,15-16H2,1-3H3/b27-18-,34-31?. The summed E-state index contributed by atoms with van der Waals surface area (Å²) in [6.45, 7) is 7.58. The molecule has 0 radical (unpaired) electrons. The molecular weight excluding hydrogens is 516 g/mol. The van der Waals surface area contributed by atoms with Gasteiger partial charge in [-0.25, -0.2) is 0 Å². The Morgan fingerprint density at radius 2 is 1.82 bits per heavy atom. The van der Waals surface area contributed by atoms with Crippen LogP contribution in [0.1, 0.15) is 42.0 Å². The van der Waals surface area contributed by atoms with E-state index in [2.05, 4.69) is 54.6 Å². The molecule has 0 aliphatic carbocycles. The van der Waals surface area contributed by atoms with Crippen LogP contribution in [0.15, 0.2) is 95.0 Å². The Kier molecular flexibility index (Phi) is 6.90. The predicted octanol–water partition coefficient (Wildman–Crippen LogP) is 7.46. The van der Waals surface area contributed by atoms with Crippen LogP contribution < -0.4 is 4.74 Å². The number of ether oxygens (including phenoxy) is 1. The predicted molar refractivity (Wildman–Crippen MR) is 165 cm³/mol. The molecule has 6 rings (SSSR count). The van der Waals surface area contributed by atoms with Gasteiger partial charge in [-0.15, -0.1) is 0 Å². The normalized spacial score (nSPS) is 16.1. The highest BCUT2D eigenvalue weighted by atomic mass is 32.2. The lowest BCUT2D eigenvalue weighted by Gasteiger charge is -2.26. The Labute approximate surface area is 238 Å². The lowest BCUT2D eigenvalue weighted by atomic mass is 10.0. The molecule has 1 aromatic heterocycles. The number of rotatable bonds is 7. The summed E-state index contributed by atoms with van der Waals surface area (Å²) in [4.78, 5) is 19.2. The Hall–Kier alpha value is -4.36. The maximum Gasteiger partial charge on any atom is 0.283 e. The molecule has 3 heterocycles. The van der Waals surface area contributed by atoms with Crippen LogP contribution in [0.25, 0.3) is 22.7 Å². The van der Waals surface area contributed by atoms with E-state index < -0.39 is 5.91 Å². The summed E-state index contributed by atoms with van der Waals surface area (Å²) in [5.41, 5.74) is 6.39. The number of benzene rings is 3. The third kappa shape index (κ3) is 4.77. The number of carbonyl (C=O) groups is 1. The minimum absolute atomic E-state index is 0.135. The molecule has 0 spiro atoms. The zero-order valence-electron chi connectivity index (χ0n) is 22.7. The number of amides is 1. The van der Waals surface area contributed by atoms with Crippen molar-refractivity contribution in [3.05, 3.63) is 112 Å². The first-order chi connectivity index (χ1) is 19.4. The van der Waals surface area contributed by atoms with Crippen LogP contribution in [0, 0.1) is 12.3 Å². The fourth-order valence-electron chi connectivity index (χ4n) is 5.14. The number of aliphatic imine (C=N–C) groups is 1. The van der Waals surface area contributed by atoms with Gasteiger partial charge in [0.1, 0.15) is 18.2 Å². The Balaban J connectivity index is 1.29. The second-order valence-electron chi connectivity index (χ2n) is 10.3. The summed E-state index contributed by atoms with van der Waals surface area (Å²) in [6, 6.07) is 24.4. The van der Waals surface area contributed by atoms with Crippen molar-refractivity contribution < 1.29 is 9.53 Å². The molecule has 0 saturated heterocycles. The van der Waals surface area contributed by atoms with Gasteiger partial charge in [0.15, 0.2) is 5.17 Å². The number of aromatic nitrogens is 1. The van der Waals surface area contributed by atoms with Gasteiger partial charge >= 0.3 is 0 Å². The van der Waals surface area contributed by atoms with E-state index in [-0.39, 0.29) is 11.4 Å². The van der Waals surface area contributed by atoms with E-state index in [4.69, 9.17) is 10.1 Å². The smallest absolute Gasteiger partial charge is 0.283 e. The second kappa shape index (κ2) is 10.7. The fraction of sp³-hybridized carbons (Fsp3) is 0.182. The first-order valence-corrected chi connectivity index (χ1v) is 14.3. The zero-order chi connectivity index (χ0) is 27.8. The number of hydrogen-bond acceptors (Lipinski definition) is 4. The molecule has 0 saturated carbocycles. The van der Waals surface area contributed by atoms with E-state index in [1.807, 2.05) is 60.1 Å². The zero-order valence-corrected chi connectivity index (χ0v) is 23.5. The van der Waals surface area contributed by atoms with Gasteiger partial charge in [0.05, 0.1) is 17.8 Å². The molecule has 0 unspecified atom stereocenters. The number of amidine groups is 2. The van der Waals surface area contributed by atoms with Crippen molar-refractivity contribution in [1.29, 1.82) is 5.41 Å². The van der Waals surface area contributed by atoms with E-state index in [1.165, 1.54) is 22.9 Å². The van der Waals surface area contributed by atoms with Crippen LogP contribution in [0.2, 0.25) is 0 Å². The monoisotopic (exact) mass is 546 g/mol. The number of nitrogens with one attached hydrogen (secondary N) is 1. The largest absolute Gasteiger partial charge is 0.491 e. The molecule has 3 aromatic carbocycles. The van der Waals surface area contributed by atoms with Crippen molar-refractivity contribution >= 4 is 51.3 Å². The number of para-hydroxylation sites is 1. The van der Waals surface area contributed by atoms with Crippen LogP contribution in [-0.2, 0) is 11.3 Å².